The molecule has 6 nitrogen and oxygen atoms in total. The van der Waals surface area contributed by atoms with Crippen molar-refractivity contribution < 1.29 is 27.4 Å². The van der Waals surface area contributed by atoms with Crippen LogP contribution in [-0.2, 0) is 17.6 Å². The van der Waals surface area contributed by atoms with Crippen LogP contribution in [0.3, 0.4) is 0 Å². The molecule has 3 aromatic carbocycles. The van der Waals surface area contributed by atoms with E-state index < -0.39 is 6.36 Å². The molecule has 0 aliphatic carbocycles. The Balaban J connectivity index is 1.32. The summed E-state index contributed by atoms with van der Waals surface area (Å²) in [4.78, 5) is 23.0. The van der Waals surface area contributed by atoms with Crippen molar-refractivity contribution in [2.24, 2.45) is 0 Å². The van der Waals surface area contributed by atoms with Gasteiger partial charge in [-0.3, -0.25) is 4.79 Å². The Morgan fingerprint density at radius 3 is 2.22 bits per heavy atom. The van der Waals surface area contributed by atoms with Gasteiger partial charge < -0.3 is 14.4 Å². The first-order valence-electron chi connectivity index (χ1n) is 11.2. The molecule has 0 amide bonds. The SMILES string of the molecule is CN(C)c1ccc2c(Oc3ccc(CC(=O)CCc4ccc(OC(F)(F)F)cc4)cc3)ncnc2c1. The van der Waals surface area contributed by atoms with Crippen molar-refractivity contribution in [3.05, 3.63) is 84.2 Å². The predicted molar refractivity (Wildman–Crippen MR) is 131 cm³/mol. The molecule has 36 heavy (non-hydrogen) atoms. The van der Waals surface area contributed by atoms with E-state index in [-0.39, 0.29) is 24.4 Å². The molecule has 0 fully saturated rings. The van der Waals surface area contributed by atoms with Gasteiger partial charge in [-0.25, -0.2) is 9.97 Å². The van der Waals surface area contributed by atoms with E-state index in [2.05, 4.69) is 14.7 Å². The molecule has 4 aromatic rings. The second-order valence-corrected chi connectivity index (χ2v) is 8.43. The van der Waals surface area contributed by atoms with Crippen molar-refractivity contribution in [2.45, 2.75) is 25.6 Å². The molecule has 0 saturated heterocycles. The standard InChI is InChI=1S/C27H24F3N3O3/c1-33(2)20-8-14-24-25(16-20)31-17-32-26(24)35-22-10-6-19(7-11-22)15-21(34)9-3-18-4-12-23(13-5-18)36-27(28,29)30/h4-8,10-14,16-17H,3,9,15H2,1-2H3. The van der Waals surface area contributed by atoms with Gasteiger partial charge in [-0.1, -0.05) is 24.3 Å². The summed E-state index contributed by atoms with van der Waals surface area (Å²) in [6.45, 7) is 0. The Labute approximate surface area is 206 Å². The monoisotopic (exact) mass is 495 g/mol. The number of carbonyl (C=O) groups is 1. The topological polar surface area (TPSA) is 64.5 Å². The van der Waals surface area contributed by atoms with E-state index in [4.69, 9.17) is 4.74 Å². The Morgan fingerprint density at radius 2 is 1.56 bits per heavy atom. The number of Topliss-reactive ketones (excluding diaryl/α,β-unsaturated/α-hetero) is 1. The maximum Gasteiger partial charge on any atom is 0.573 e. The first-order chi connectivity index (χ1) is 17.2. The van der Waals surface area contributed by atoms with E-state index in [0.29, 0.717) is 18.1 Å². The Hall–Kier alpha value is -4.14. The minimum atomic E-state index is -4.73. The van der Waals surface area contributed by atoms with Crippen LogP contribution in [0.1, 0.15) is 17.5 Å². The summed E-state index contributed by atoms with van der Waals surface area (Å²) >= 11 is 0. The molecular formula is C27H24F3N3O3. The van der Waals surface area contributed by atoms with E-state index >= 15 is 0 Å². The minimum absolute atomic E-state index is 0.0257. The zero-order chi connectivity index (χ0) is 25.7. The molecule has 0 radical (unpaired) electrons. The molecule has 0 spiro atoms. The van der Waals surface area contributed by atoms with Crippen LogP contribution in [0.15, 0.2) is 73.1 Å². The molecule has 0 aliphatic rings. The number of carbonyl (C=O) groups excluding carboxylic acids is 1. The fraction of sp³-hybridized carbons (Fsp3) is 0.222. The number of hydrogen-bond donors (Lipinski definition) is 0. The van der Waals surface area contributed by atoms with E-state index in [1.807, 2.05) is 49.3 Å². The highest BCUT2D eigenvalue weighted by molar-refractivity contribution is 5.86. The number of aryl methyl sites for hydroxylation is 1. The number of fused-ring (bicyclic) bond motifs is 1. The number of hydrogen-bond acceptors (Lipinski definition) is 6. The quantitative estimate of drug-likeness (QED) is 0.278. The number of aromatic nitrogens is 2. The Bertz CT molecular complexity index is 1340. The normalized spacial score (nSPS) is 11.4. The average molecular weight is 496 g/mol. The summed E-state index contributed by atoms with van der Waals surface area (Å²) in [5.41, 5.74) is 3.39. The molecule has 1 heterocycles. The zero-order valence-electron chi connectivity index (χ0n) is 19.7. The highest BCUT2D eigenvalue weighted by Crippen LogP contribution is 2.29. The van der Waals surface area contributed by atoms with Crippen LogP contribution in [0.25, 0.3) is 10.9 Å². The third kappa shape index (κ3) is 6.71. The largest absolute Gasteiger partial charge is 0.573 e. The van der Waals surface area contributed by atoms with Crippen LogP contribution in [0, 0.1) is 0 Å². The van der Waals surface area contributed by atoms with Crippen molar-refractivity contribution in [2.75, 3.05) is 19.0 Å². The van der Waals surface area contributed by atoms with E-state index in [9.17, 15) is 18.0 Å². The Kier molecular flexibility index (Phi) is 7.38. The fourth-order valence-corrected chi connectivity index (χ4v) is 3.62. The summed E-state index contributed by atoms with van der Waals surface area (Å²) in [6.07, 6.45) is -2.31. The van der Waals surface area contributed by atoms with Crippen molar-refractivity contribution >= 4 is 22.4 Å². The van der Waals surface area contributed by atoms with E-state index in [1.54, 1.807) is 12.1 Å². The summed E-state index contributed by atoms with van der Waals surface area (Å²) in [5, 5.41) is 0.792. The Morgan fingerprint density at radius 1 is 0.889 bits per heavy atom. The van der Waals surface area contributed by atoms with Gasteiger partial charge >= 0.3 is 6.36 Å². The maximum absolute atomic E-state index is 12.4. The van der Waals surface area contributed by atoms with Crippen molar-refractivity contribution in [3.63, 3.8) is 0 Å². The van der Waals surface area contributed by atoms with Crippen LogP contribution in [-0.4, -0.2) is 36.2 Å². The van der Waals surface area contributed by atoms with Crippen molar-refractivity contribution in [1.82, 2.24) is 9.97 Å². The number of anilines is 1. The van der Waals surface area contributed by atoms with Gasteiger partial charge in [0.1, 0.15) is 23.6 Å². The van der Waals surface area contributed by atoms with Crippen LogP contribution in [0.4, 0.5) is 18.9 Å². The third-order valence-electron chi connectivity index (χ3n) is 5.49. The number of alkyl halides is 3. The predicted octanol–water partition coefficient (Wildman–Crippen LogP) is 6.13. The molecular weight excluding hydrogens is 471 g/mol. The van der Waals surface area contributed by atoms with Crippen LogP contribution >= 0.6 is 0 Å². The van der Waals surface area contributed by atoms with Gasteiger partial charge in [-0.15, -0.1) is 13.2 Å². The number of nitrogens with zero attached hydrogens (tertiary/aromatic N) is 3. The lowest BCUT2D eigenvalue weighted by Gasteiger charge is -2.13. The van der Waals surface area contributed by atoms with E-state index in [0.717, 1.165) is 27.7 Å². The number of halogens is 3. The minimum Gasteiger partial charge on any atom is -0.438 e. The molecule has 0 N–H and O–H groups in total. The lowest BCUT2D eigenvalue weighted by Crippen LogP contribution is -2.17. The van der Waals surface area contributed by atoms with Crippen LogP contribution in [0.2, 0.25) is 0 Å². The smallest absolute Gasteiger partial charge is 0.438 e. The van der Waals surface area contributed by atoms with Crippen LogP contribution < -0.4 is 14.4 Å². The number of ketones is 1. The molecule has 1 aromatic heterocycles. The van der Waals surface area contributed by atoms with Crippen molar-refractivity contribution in [1.29, 1.82) is 0 Å². The summed E-state index contributed by atoms with van der Waals surface area (Å²) in [6, 6.07) is 18.6. The van der Waals surface area contributed by atoms with Gasteiger partial charge in [0.15, 0.2) is 0 Å². The third-order valence-corrected chi connectivity index (χ3v) is 5.49. The molecule has 0 atom stereocenters. The molecule has 4 rings (SSSR count). The van der Waals surface area contributed by atoms with Gasteiger partial charge in [0.05, 0.1) is 10.9 Å². The van der Waals surface area contributed by atoms with Gasteiger partial charge in [0.2, 0.25) is 5.88 Å². The second kappa shape index (κ2) is 10.6. The lowest BCUT2D eigenvalue weighted by molar-refractivity contribution is -0.274. The molecule has 0 saturated carbocycles. The first kappa shape index (κ1) is 25.0. The highest BCUT2D eigenvalue weighted by atomic mass is 19.4. The summed E-state index contributed by atoms with van der Waals surface area (Å²) in [7, 11) is 3.92. The van der Waals surface area contributed by atoms with Crippen molar-refractivity contribution in [3.8, 4) is 17.4 Å². The molecule has 186 valence electrons. The summed E-state index contributed by atoms with van der Waals surface area (Å²) in [5.74, 6) is 0.774. The van der Waals surface area contributed by atoms with E-state index in [1.165, 1.54) is 30.6 Å². The average Bonchev–Trinajstić information content (AvgIpc) is 2.84. The van der Waals surface area contributed by atoms with Crippen LogP contribution in [0.5, 0.6) is 17.4 Å². The summed E-state index contributed by atoms with van der Waals surface area (Å²) < 4.78 is 46.6. The second-order valence-electron chi connectivity index (χ2n) is 8.43. The molecule has 0 bridgehead atoms. The number of rotatable bonds is 9. The lowest BCUT2D eigenvalue weighted by atomic mass is 10.0. The number of ether oxygens (including phenoxy) is 2. The molecule has 0 unspecified atom stereocenters. The van der Waals surface area contributed by atoms with Gasteiger partial charge in [0, 0.05) is 32.6 Å². The molecule has 9 heteroatoms. The number of benzene rings is 3. The zero-order valence-corrected chi connectivity index (χ0v) is 19.7. The highest BCUT2D eigenvalue weighted by Gasteiger charge is 2.30. The maximum atomic E-state index is 12.4. The molecule has 0 aliphatic heterocycles. The van der Waals surface area contributed by atoms with Gasteiger partial charge in [-0.05, 0) is 60.0 Å². The first-order valence-corrected chi connectivity index (χ1v) is 11.2. The van der Waals surface area contributed by atoms with Gasteiger partial charge in [0.25, 0.3) is 0 Å². The fourth-order valence-electron chi connectivity index (χ4n) is 3.62. The van der Waals surface area contributed by atoms with Gasteiger partial charge in [-0.2, -0.15) is 0 Å².